The third kappa shape index (κ3) is 3.70. The maximum atomic E-state index is 4.42. The van der Waals surface area contributed by atoms with Gasteiger partial charge in [-0.25, -0.2) is 4.98 Å². The minimum atomic E-state index is 0.836. The van der Waals surface area contributed by atoms with Gasteiger partial charge in [-0.05, 0) is 44.4 Å². The minimum Gasteiger partial charge on any atom is -0.370 e. The zero-order valence-electron chi connectivity index (χ0n) is 10.9. The maximum absolute atomic E-state index is 4.42. The molecule has 0 aliphatic heterocycles. The molecule has 1 saturated carbocycles. The second kappa shape index (κ2) is 6.01. The highest BCUT2D eigenvalue weighted by atomic mass is 15.2. The lowest BCUT2D eigenvalue weighted by Crippen LogP contribution is -2.26. The van der Waals surface area contributed by atoms with E-state index in [2.05, 4.69) is 41.2 Å². The molecule has 0 bridgehead atoms. The Morgan fingerprint density at radius 2 is 2.18 bits per heavy atom. The molecule has 1 aliphatic rings. The topological polar surface area (TPSA) is 28.2 Å². The summed E-state index contributed by atoms with van der Waals surface area (Å²) in [5.41, 5.74) is 1.33. The summed E-state index contributed by atoms with van der Waals surface area (Å²) in [6.45, 7) is 7.53. The summed E-state index contributed by atoms with van der Waals surface area (Å²) in [5.74, 6) is 0.977. The summed E-state index contributed by atoms with van der Waals surface area (Å²) in [6, 6.07) is 5.11. The summed E-state index contributed by atoms with van der Waals surface area (Å²) >= 11 is 0. The first-order valence-electron chi connectivity index (χ1n) is 6.76. The van der Waals surface area contributed by atoms with Crippen LogP contribution in [0.2, 0.25) is 0 Å². The highest BCUT2D eigenvalue weighted by molar-refractivity contribution is 5.35. The molecule has 0 saturated heterocycles. The van der Waals surface area contributed by atoms with Gasteiger partial charge in [-0.15, -0.1) is 0 Å². The molecule has 0 atom stereocenters. The first-order chi connectivity index (χ1) is 8.33. The fourth-order valence-corrected chi connectivity index (χ4v) is 2.16. The molecule has 1 aliphatic carbocycles. The van der Waals surface area contributed by atoms with Crippen LogP contribution >= 0.6 is 0 Å². The van der Waals surface area contributed by atoms with Crippen molar-refractivity contribution in [1.82, 2.24) is 9.88 Å². The van der Waals surface area contributed by atoms with E-state index >= 15 is 0 Å². The number of hydrogen-bond donors (Lipinski definition) is 1. The number of pyridine rings is 1. The quantitative estimate of drug-likeness (QED) is 0.785. The summed E-state index contributed by atoms with van der Waals surface area (Å²) < 4.78 is 0. The molecule has 0 amide bonds. The average Bonchev–Trinajstić information content (AvgIpc) is 3.15. The number of aromatic nitrogens is 1. The number of anilines is 1. The lowest BCUT2D eigenvalue weighted by atomic mass is 10.2. The number of hydrogen-bond acceptors (Lipinski definition) is 3. The third-order valence-electron chi connectivity index (χ3n) is 3.14. The molecule has 0 spiro atoms. The van der Waals surface area contributed by atoms with Crippen LogP contribution in [-0.4, -0.2) is 29.0 Å². The van der Waals surface area contributed by atoms with E-state index in [1.165, 1.54) is 31.4 Å². The van der Waals surface area contributed by atoms with Crippen LogP contribution in [0.5, 0.6) is 0 Å². The van der Waals surface area contributed by atoms with Crippen molar-refractivity contribution < 1.29 is 0 Å². The summed E-state index contributed by atoms with van der Waals surface area (Å²) in [4.78, 5) is 7.01. The highest BCUT2D eigenvalue weighted by Gasteiger charge is 2.28. The second-order valence-electron chi connectivity index (χ2n) is 4.78. The first kappa shape index (κ1) is 12.4. The third-order valence-corrected chi connectivity index (χ3v) is 3.14. The molecule has 3 heteroatoms. The Morgan fingerprint density at radius 1 is 1.35 bits per heavy atom. The molecule has 1 aromatic rings. The molecule has 1 N–H and O–H groups in total. The van der Waals surface area contributed by atoms with Crippen molar-refractivity contribution >= 4 is 5.82 Å². The maximum Gasteiger partial charge on any atom is 0.125 e. The van der Waals surface area contributed by atoms with Gasteiger partial charge in [0.1, 0.15) is 5.82 Å². The second-order valence-corrected chi connectivity index (χ2v) is 4.78. The van der Waals surface area contributed by atoms with Crippen LogP contribution in [-0.2, 0) is 6.54 Å². The molecule has 94 valence electrons. The molecule has 2 rings (SSSR count). The Balaban J connectivity index is 1.92. The standard InChI is InChI=1S/C14H23N3/c1-3-9-17(13-6-7-13)11-12-5-8-14(15-4-2)16-10-12/h5,8,10,13H,3-4,6-7,9,11H2,1-2H3,(H,15,16). The molecule has 1 heterocycles. The Labute approximate surface area is 104 Å². The molecule has 0 radical (unpaired) electrons. The molecule has 1 fully saturated rings. The molecule has 0 unspecified atom stereocenters. The van der Waals surface area contributed by atoms with E-state index in [9.17, 15) is 0 Å². The van der Waals surface area contributed by atoms with Crippen molar-refractivity contribution in [2.24, 2.45) is 0 Å². The minimum absolute atomic E-state index is 0.836. The van der Waals surface area contributed by atoms with Gasteiger partial charge in [-0.1, -0.05) is 13.0 Å². The van der Waals surface area contributed by atoms with Crippen LogP contribution in [0.4, 0.5) is 5.82 Å². The summed E-state index contributed by atoms with van der Waals surface area (Å²) in [7, 11) is 0. The molecular weight excluding hydrogens is 210 g/mol. The Bertz CT molecular complexity index is 330. The largest absolute Gasteiger partial charge is 0.370 e. The fraction of sp³-hybridized carbons (Fsp3) is 0.643. The van der Waals surface area contributed by atoms with Gasteiger partial charge in [0, 0.05) is 25.3 Å². The van der Waals surface area contributed by atoms with Crippen LogP contribution in [0.25, 0.3) is 0 Å². The van der Waals surface area contributed by atoms with E-state index in [1.807, 2.05) is 6.20 Å². The smallest absolute Gasteiger partial charge is 0.125 e. The van der Waals surface area contributed by atoms with Crippen molar-refractivity contribution in [3.05, 3.63) is 23.9 Å². The van der Waals surface area contributed by atoms with Gasteiger partial charge in [-0.3, -0.25) is 4.90 Å². The molecule has 0 aromatic carbocycles. The van der Waals surface area contributed by atoms with E-state index in [-0.39, 0.29) is 0 Å². The highest BCUT2D eigenvalue weighted by Crippen LogP contribution is 2.28. The van der Waals surface area contributed by atoms with E-state index in [4.69, 9.17) is 0 Å². The zero-order chi connectivity index (χ0) is 12.1. The first-order valence-corrected chi connectivity index (χ1v) is 6.76. The van der Waals surface area contributed by atoms with Crippen molar-refractivity contribution in [3.63, 3.8) is 0 Å². The Kier molecular flexibility index (Phi) is 4.37. The molecular formula is C14H23N3. The molecule has 1 aromatic heterocycles. The summed E-state index contributed by atoms with van der Waals surface area (Å²) in [6.07, 6.45) is 5.99. The van der Waals surface area contributed by atoms with Crippen molar-refractivity contribution in [1.29, 1.82) is 0 Å². The van der Waals surface area contributed by atoms with Crippen LogP contribution in [0.1, 0.15) is 38.7 Å². The van der Waals surface area contributed by atoms with Gasteiger partial charge in [0.2, 0.25) is 0 Å². The fourth-order valence-electron chi connectivity index (χ4n) is 2.16. The van der Waals surface area contributed by atoms with E-state index in [0.717, 1.165) is 24.9 Å². The van der Waals surface area contributed by atoms with Gasteiger partial charge in [0.25, 0.3) is 0 Å². The Morgan fingerprint density at radius 3 is 2.71 bits per heavy atom. The number of nitrogens with one attached hydrogen (secondary N) is 1. The zero-order valence-corrected chi connectivity index (χ0v) is 10.9. The van der Waals surface area contributed by atoms with Crippen LogP contribution < -0.4 is 5.32 Å². The normalized spacial score (nSPS) is 15.2. The van der Waals surface area contributed by atoms with E-state index in [0.29, 0.717) is 0 Å². The predicted octanol–water partition coefficient (Wildman–Crippen LogP) is 2.89. The SMILES string of the molecule is CCCN(Cc1ccc(NCC)nc1)C1CC1. The Hall–Kier alpha value is -1.09. The predicted molar refractivity (Wildman–Crippen MR) is 72.1 cm³/mol. The van der Waals surface area contributed by atoms with Crippen LogP contribution in [0, 0.1) is 0 Å². The van der Waals surface area contributed by atoms with Gasteiger partial charge in [0.05, 0.1) is 0 Å². The van der Waals surface area contributed by atoms with Crippen molar-refractivity contribution in [2.75, 3.05) is 18.4 Å². The monoisotopic (exact) mass is 233 g/mol. The van der Waals surface area contributed by atoms with Crippen LogP contribution in [0.15, 0.2) is 18.3 Å². The van der Waals surface area contributed by atoms with E-state index in [1.54, 1.807) is 0 Å². The van der Waals surface area contributed by atoms with Crippen molar-refractivity contribution in [3.8, 4) is 0 Å². The van der Waals surface area contributed by atoms with Gasteiger partial charge >= 0.3 is 0 Å². The van der Waals surface area contributed by atoms with Gasteiger partial charge in [-0.2, -0.15) is 0 Å². The summed E-state index contributed by atoms with van der Waals surface area (Å²) in [5, 5.41) is 3.22. The van der Waals surface area contributed by atoms with Crippen molar-refractivity contribution in [2.45, 2.75) is 45.7 Å². The van der Waals surface area contributed by atoms with Crippen LogP contribution in [0.3, 0.4) is 0 Å². The average molecular weight is 233 g/mol. The number of nitrogens with zero attached hydrogens (tertiary/aromatic N) is 2. The lowest BCUT2D eigenvalue weighted by molar-refractivity contribution is 0.255. The number of rotatable bonds is 7. The lowest BCUT2D eigenvalue weighted by Gasteiger charge is -2.21. The van der Waals surface area contributed by atoms with Gasteiger partial charge < -0.3 is 5.32 Å². The van der Waals surface area contributed by atoms with Gasteiger partial charge in [0.15, 0.2) is 0 Å². The van der Waals surface area contributed by atoms with E-state index < -0.39 is 0 Å². The molecule has 3 nitrogen and oxygen atoms in total. The molecule has 17 heavy (non-hydrogen) atoms.